The predicted octanol–water partition coefficient (Wildman–Crippen LogP) is 5.04. The summed E-state index contributed by atoms with van der Waals surface area (Å²) in [7, 11) is 0. The van der Waals surface area contributed by atoms with Crippen molar-refractivity contribution in [2.45, 2.75) is 13.8 Å². The van der Waals surface area contributed by atoms with Crippen molar-refractivity contribution in [1.29, 1.82) is 0 Å². The molecule has 0 aliphatic carbocycles. The molecule has 100 valence electrons. The molecule has 0 bridgehead atoms. The highest BCUT2D eigenvalue weighted by Gasteiger charge is 1.94. The molecule has 0 saturated carbocycles. The van der Waals surface area contributed by atoms with Gasteiger partial charge in [-0.2, -0.15) is 0 Å². The van der Waals surface area contributed by atoms with Crippen LogP contribution in [0.3, 0.4) is 0 Å². The predicted molar refractivity (Wildman–Crippen MR) is 84.1 cm³/mol. The lowest BCUT2D eigenvalue weighted by atomic mass is 10.0. The van der Waals surface area contributed by atoms with Crippen molar-refractivity contribution in [3.8, 4) is 11.1 Å². The van der Waals surface area contributed by atoms with Crippen molar-refractivity contribution in [3.63, 3.8) is 0 Å². The average Bonchev–Trinajstić information content (AvgIpc) is 2.50. The monoisotopic (exact) mass is 254 g/mol. The second-order valence-corrected chi connectivity index (χ2v) is 3.97. The summed E-state index contributed by atoms with van der Waals surface area (Å²) in [4.78, 5) is 0. The van der Waals surface area contributed by atoms with Crippen LogP contribution in [0.15, 0.2) is 61.2 Å². The van der Waals surface area contributed by atoms with Gasteiger partial charge in [0.2, 0.25) is 0 Å². The van der Waals surface area contributed by atoms with E-state index in [0.717, 1.165) is 18.8 Å². The van der Waals surface area contributed by atoms with Crippen molar-refractivity contribution in [1.82, 2.24) is 0 Å². The standard InChI is InChI=1S/C14H12.C4H10O/c1-2-12-8-10-14(11-9-12)13-6-4-3-5-7-13;1-3-5-4-2/h2-11H,1H2;3-4H2,1-2H3. The summed E-state index contributed by atoms with van der Waals surface area (Å²) in [5, 5.41) is 0. The Bertz CT molecular complexity index is 455. The molecular weight excluding hydrogens is 232 g/mol. The molecule has 1 nitrogen and oxygen atoms in total. The minimum Gasteiger partial charge on any atom is -0.382 e. The number of hydrogen-bond acceptors (Lipinski definition) is 1. The minimum absolute atomic E-state index is 0.844. The van der Waals surface area contributed by atoms with Crippen LogP contribution in [0.4, 0.5) is 0 Å². The Hall–Kier alpha value is -1.86. The molecule has 0 aliphatic heterocycles. The molecular formula is C18H22O. The van der Waals surface area contributed by atoms with Gasteiger partial charge in [0.05, 0.1) is 0 Å². The van der Waals surface area contributed by atoms with E-state index in [2.05, 4.69) is 55.1 Å². The van der Waals surface area contributed by atoms with Crippen LogP contribution in [0.25, 0.3) is 17.2 Å². The molecule has 0 unspecified atom stereocenters. The van der Waals surface area contributed by atoms with Gasteiger partial charge in [-0.25, -0.2) is 0 Å². The van der Waals surface area contributed by atoms with E-state index in [-0.39, 0.29) is 0 Å². The maximum absolute atomic E-state index is 4.83. The number of ether oxygens (including phenoxy) is 1. The fourth-order valence-corrected chi connectivity index (χ4v) is 1.65. The van der Waals surface area contributed by atoms with Crippen molar-refractivity contribution >= 4 is 6.08 Å². The SMILES string of the molecule is C=Cc1ccc(-c2ccccc2)cc1.CCOCC. The van der Waals surface area contributed by atoms with E-state index in [9.17, 15) is 0 Å². The third-order valence-electron chi connectivity index (χ3n) is 2.66. The van der Waals surface area contributed by atoms with Gasteiger partial charge >= 0.3 is 0 Å². The lowest BCUT2D eigenvalue weighted by Gasteiger charge is -2.01. The highest BCUT2D eigenvalue weighted by atomic mass is 16.5. The Balaban J connectivity index is 0.000000312. The third kappa shape index (κ3) is 5.54. The van der Waals surface area contributed by atoms with Crippen molar-refractivity contribution in [3.05, 3.63) is 66.7 Å². The topological polar surface area (TPSA) is 9.23 Å². The molecule has 0 amide bonds. The second kappa shape index (κ2) is 9.12. The Morgan fingerprint density at radius 3 is 1.79 bits per heavy atom. The summed E-state index contributed by atoms with van der Waals surface area (Å²) in [6.45, 7) is 9.40. The molecule has 0 spiro atoms. The zero-order chi connectivity index (χ0) is 13.9. The number of benzene rings is 2. The normalized spacial score (nSPS) is 9.37. The summed E-state index contributed by atoms with van der Waals surface area (Å²) in [5.74, 6) is 0. The van der Waals surface area contributed by atoms with Gasteiger partial charge in [0.25, 0.3) is 0 Å². The summed E-state index contributed by atoms with van der Waals surface area (Å²) < 4.78 is 4.83. The summed E-state index contributed by atoms with van der Waals surface area (Å²) in [5.41, 5.74) is 3.66. The fraction of sp³-hybridized carbons (Fsp3) is 0.222. The van der Waals surface area contributed by atoms with Crippen molar-refractivity contribution in [2.75, 3.05) is 13.2 Å². The van der Waals surface area contributed by atoms with Gasteiger partial charge in [-0.1, -0.05) is 67.3 Å². The van der Waals surface area contributed by atoms with Crippen LogP contribution in [0.5, 0.6) is 0 Å². The van der Waals surface area contributed by atoms with Crippen LogP contribution >= 0.6 is 0 Å². The Labute approximate surface area is 116 Å². The first-order chi connectivity index (χ1) is 9.31. The van der Waals surface area contributed by atoms with Gasteiger partial charge < -0.3 is 4.74 Å². The molecule has 0 heterocycles. The highest BCUT2D eigenvalue weighted by molar-refractivity contribution is 5.65. The van der Waals surface area contributed by atoms with Crippen LogP contribution in [0.2, 0.25) is 0 Å². The van der Waals surface area contributed by atoms with Crippen LogP contribution in [-0.2, 0) is 4.74 Å². The molecule has 0 aromatic heterocycles. The van der Waals surface area contributed by atoms with E-state index < -0.39 is 0 Å². The molecule has 1 heteroatoms. The molecule has 2 rings (SSSR count). The molecule has 0 radical (unpaired) electrons. The van der Waals surface area contributed by atoms with Gasteiger partial charge in [-0.3, -0.25) is 0 Å². The molecule has 0 N–H and O–H groups in total. The zero-order valence-corrected chi connectivity index (χ0v) is 11.8. The van der Waals surface area contributed by atoms with Crippen LogP contribution < -0.4 is 0 Å². The highest BCUT2D eigenvalue weighted by Crippen LogP contribution is 2.19. The first-order valence-electron chi connectivity index (χ1n) is 6.67. The summed E-state index contributed by atoms with van der Waals surface area (Å²) >= 11 is 0. The van der Waals surface area contributed by atoms with Gasteiger partial charge in [-0.05, 0) is 30.5 Å². The zero-order valence-electron chi connectivity index (χ0n) is 11.8. The lowest BCUT2D eigenvalue weighted by Crippen LogP contribution is -1.84. The van der Waals surface area contributed by atoms with E-state index in [4.69, 9.17) is 4.74 Å². The van der Waals surface area contributed by atoms with Crippen LogP contribution in [0.1, 0.15) is 19.4 Å². The molecule has 2 aromatic rings. The van der Waals surface area contributed by atoms with Crippen LogP contribution in [0, 0.1) is 0 Å². The number of rotatable bonds is 4. The number of hydrogen-bond donors (Lipinski definition) is 0. The van der Waals surface area contributed by atoms with Crippen molar-refractivity contribution in [2.24, 2.45) is 0 Å². The summed E-state index contributed by atoms with van der Waals surface area (Å²) in [6, 6.07) is 18.8. The van der Waals surface area contributed by atoms with E-state index in [1.54, 1.807) is 0 Å². The average molecular weight is 254 g/mol. The van der Waals surface area contributed by atoms with E-state index >= 15 is 0 Å². The maximum atomic E-state index is 4.83. The Morgan fingerprint density at radius 2 is 1.37 bits per heavy atom. The molecule has 19 heavy (non-hydrogen) atoms. The fourth-order valence-electron chi connectivity index (χ4n) is 1.65. The molecule has 0 saturated heterocycles. The third-order valence-corrected chi connectivity index (χ3v) is 2.66. The summed E-state index contributed by atoms with van der Waals surface area (Å²) in [6.07, 6.45) is 1.86. The van der Waals surface area contributed by atoms with Gasteiger partial charge in [0.15, 0.2) is 0 Å². The second-order valence-electron chi connectivity index (χ2n) is 3.97. The van der Waals surface area contributed by atoms with Gasteiger partial charge in [-0.15, -0.1) is 0 Å². The first kappa shape index (κ1) is 15.2. The smallest absolute Gasteiger partial charge is 0.0437 e. The minimum atomic E-state index is 0.844. The molecule has 0 aliphatic rings. The van der Waals surface area contributed by atoms with Crippen molar-refractivity contribution < 1.29 is 4.74 Å². The quantitative estimate of drug-likeness (QED) is 0.742. The Morgan fingerprint density at radius 1 is 0.842 bits per heavy atom. The van der Waals surface area contributed by atoms with E-state index in [1.165, 1.54) is 11.1 Å². The first-order valence-corrected chi connectivity index (χ1v) is 6.67. The van der Waals surface area contributed by atoms with E-state index in [1.807, 2.05) is 26.0 Å². The molecule has 0 fully saturated rings. The largest absolute Gasteiger partial charge is 0.382 e. The van der Waals surface area contributed by atoms with Gasteiger partial charge in [0.1, 0.15) is 0 Å². The van der Waals surface area contributed by atoms with E-state index in [0.29, 0.717) is 0 Å². The van der Waals surface area contributed by atoms with Gasteiger partial charge in [0, 0.05) is 13.2 Å². The Kier molecular flexibility index (Phi) is 7.30. The maximum Gasteiger partial charge on any atom is 0.0437 e. The van der Waals surface area contributed by atoms with Crippen LogP contribution in [-0.4, -0.2) is 13.2 Å². The lowest BCUT2D eigenvalue weighted by molar-refractivity contribution is 0.162. The molecule has 2 aromatic carbocycles. The molecule has 0 atom stereocenters.